The summed E-state index contributed by atoms with van der Waals surface area (Å²) in [5.41, 5.74) is 1.32. The zero-order valence-electron chi connectivity index (χ0n) is 9.68. The molecule has 1 saturated carbocycles. The van der Waals surface area contributed by atoms with E-state index in [9.17, 15) is 0 Å². The highest BCUT2D eigenvalue weighted by molar-refractivity contribution is 5.12. The molecule has 1 heterocycles. The molecule has 0 aromatic carbocycles. The Bertz CT molecular complexity index is 368. The summed E-state index contributed by atoms with van der Waals surface area (Å²) < 4.78 is 0. The third-order valence-electron chi connectivity index (χ3n) is 4.29. The molecular weight excluding hydrogens is 194 g/mol. The van der Waals surface area contributed by atoms with E-state index in [1.54, 1.807) is 0 Å². The van der Waals surface area contributed by atoms with Crippen molar-refractivity contribution in [1.82, 2.24) is 4.98 Å². The van der Waals surface area contributed by atoms with Crippen LogP contribution in [0.4, 0.5) is 0 Å². The summed E-state index contributed by atoms with van der Waals surface area (Å²) in [7, 11) is 0. The zero-order chi connectivity index (χ0) is 10.8. The maximum absolute atomic E-state index is 4.52. The Morgan fingerprint density at radius 3 is 2.69 bits per heavy atom. The molecule has 3 atom stereocenters. The Labute approximate surface area is 97.6 Å². The lowest BCUT2D eigenvalue weighted by Crippen LogP contribution is -2.25. The molecule has 84 valence electrons. The monoisotopic (exact) mass is 213 g/mol. The van der Waals surface area contributed by atoms with Crippen molar-refractivity contribution >= 4 is 0 Å². The number of aromatic nitrogens is 1. The van der Waals surface area contributed by atoms with Crippen molar-refractivity contribution in [2.24, 2.45) is 11.8 Å². The number of hydrogen-bond acceptors (Lipinski definition) is 1. The summed E-state index contributed by atoms with van der Waals surface area (Å²) >= 11 is 0. The third-order valence-corrected chi connectivity index (χ3v) is 4.29. The smallest absolute Gasteiger partial charge is 0.0434 e. The number of hydrogen-bond donors (Lipinski definition) is 0. The van der Waals surface area contributed by atoms with Crippen molar-refractivity contribution in [2.45, 2.75) is 38.0 Å². The van der Waals surface area contributed by atoms with E-state index in [2.05, 4.69) is 29.3 Å². The van der Waals surface area contributed by atoms with Gasteiger partial charge < -0.3 is 0 Å². The van der Waals surface area contributed by atoms with Crippen LogP contribution < -0.4 is 0 Å². The first-order chi connectivity index (χ1) is 7.93. The van der Waals surface area contributed by atoms with Crippen LogP contribution in [0, 0.1) is 11.8 Å². The topological polar surface area (TPSA) is 12.9 Å². The highest BCUT2D eigenvalue weighted by Crippen LogP contribution is 2.43. The van der Waals surface area contributed by atoms with E-state index in [0.717, 1.165) is 11.8 Å². The standard InChI is InChI=1S/C15H19N/c1-2-6-13-11-14(9-8-12(13)5-1)15-7-3-4-10-16-15/h1-4,7,10,12-14H,5-6,8-9,11H2. The first-order valence-corrected chi connectivity index (χ1v) is 6.49. The van der Waals surface area contributed by atoms with Gasteiger partial charge in [-0.05, 0) is 56.1 Å². The van der Waals surface area contributed by atoms with Crippen LogP contribution in [-0.4, -0.2) is 4.98 Å². The normalized spacial score (nSPS) is 33.4. The van der Waals surface area contributed by atoms with Gasteiger partial charge in [-0.3, -0.25) is 4.98 Å². The molecule has 2 aliphatic rings. The number of rotatable bonds is 1. The van der Waals surface area contributed by atoms with Crippen molar-refractivity contribution < 1.29 is 0 Å². The molecule has 3 unspecified atom stereocenters. The molecule has 0 saturated heterocycles. The molecule has 3 rings (SSSR count). The highest BCUT2D eigenvalue weighted by Gasteiger charge is 2.31. The molecule has 0 amide bonds. The molecule has 0 aliphatic heterocycles. The number of pyridine rings is 1. The minimum Gasteiger partial charge on any atom is -0.261 e. The predicted octanol–water partition coefficient (Wildman–Crippen LogP) is 3.93. The SMILES string of the molecule is C1=CCC2CC(c3ccccn3)CCC2C1. The Kier molecular flexibility index (Phi) is 2.77. The van der Waals surface area contributed by atoms with Gasteiger partial charge in [0.15, 0.2) is 0 Å². The molecule has 0 spiro atoms. The average molecular weight is 213 g/mol. The fraction of sp³-hybridized carbons (Fsp3) is 0.533. The molecule has 1 heteroatoms. The largest absolute Gasteiger partial charge is 0.261 e. The minimum atomic E-state index is 0.717. The summed E-state index contributed by atoms with van der Waals surface area (Å²) in [6.45, 7) is 0. The molecule has 0 bridgehead atoms. The molecule has 2 aliphatic carbocycles. The van der Waals surface area contributed by atoms with Crippen LogP contribution in [0.25, 0.3) is 0 Å². The van der Waals surface area contributed by atoms with Crippen molar-refractivity contribution in [3.63, 3.8) is 0 Å². The molecule has 1 aromatic rings. The Balaban J connectivity index is 1.74. The van der Waals surface area contributed by atoms with Crippen LogP contribution in [0.1, 0.15) is 43.7 Å². The second-order valence-electron chi connectivity index (χ2n) is 5.23. The summed E-state index contributed by atoms with van der Waals surface area (Å²) in [5.74, 6) is 2.60. The van der Waals surface area contributed by atoms with Crippen molar-refractivity contribution in [3.05, 3.63) is 42.2 Å². The Hall–Kier alpha value is -1.11. The second kappa shape index (κ2) is 4.40. The van der Waals surface area contributed by atoms with Crippen molar-refractivity contribution in [3.8, 4) is 0 Å². The van der Waals surface area contributed by atoms with E-state index in [1.165, 1.54) is 37.8 Å². The summed E-state index contributed by atoms with van der Waals surface area (Å²) in [5, 5.41) is 0. The van der Waals surface area contributed by atoms with E-state index in [-0.39, 0.29) is 0 Å². The predicted molar refractivity (Wildman–Crippen MR) is 66.2 cm³/mol. The van der Waals surface area contributed by atoms with Gasteiger partial charge in [-0.25, -0.2) is 0 Å². The second-order valence-corrected chi connectivity index (χ2v) is 5.23. The van der Waals surface area contributed by atoms with E-state index < -0.39 is 0 Å². The fourth-order valence-electron chi connectivity index (χ4n) is 3.35. The highest BCUT2D eigenvalue weighted by atomic mass is 14.7. The summed E-state index contributed by atoms with van der Waals surface area (Å²) in [4.78, 5) is 4.52. The first kappa shape index (κ1) is 10.1. The van der Waals surface area contributed by atoms with Crippen LogP contribution in [0.15, 0.2) is 36.5 Å². The molecule has 16 heavy (non-hydrogen) atoms. The van der Waals surface area contributed by atoms with Gasteiger partial charge in [0.2, 0.25) is 0 Å². The van der Waals surface area contributed by atoms with E-state index >= 15 is 0 Å². The molecule has 1 nitrogen and oxygen atoms in total. The van der Waals surface area contributed by atoms with E-state index in [4.69, 9.17) is 0 Å². The lowest BCUT2D eigenvalue weighted by molar-refractivity contribution is 0.208. The van der Waals surface area contributed by atoms with Crippen LogP contribution in [0.3, 0.4) is 0 Å². The molecule has 0 radical (unpaired) electrons. The van der Waals surface area contributed by atoms with Crippen LogP contribution in [-0.2, 0) is 0 Å². The van der Waals surface area contributed by atoms with Crippen molar-refractivity contribution in [1.29, 1.82) is 0 Å². The van der Waals surface area contributed by atoms with Gasteiger partial charge in [-0.1, -0.05) is 18.2 Å². The Morgan fingerprint density at radius 2 is 1.88 bits per heavy atom. The minimum absolute atomic E-state index is 0.717. The molecule has 1 aromatic heterocycles. The number of nitrogens with zero attached hydrogens (tertiary/aromatic N) is 1. The van der Waals surface area contributed by atoms with Gasteiger partial charge in [-0.2, -0.15) is 0 Å². The van der Waals surface area contributed by atoms with Crippen LogP contribution >= 0.6 is 0 Å². The van der Waals surface area contributed by atoms with E-state index in [0.29, 0.717) is 5.92 Å². The lowest BCUT2D eigenvalue weighted by Gasteiger charge is -2.37. The van der Waals surface area contributed by atoms with Crippen LogP contribution in [0.5, 0.6) is 0 Å². The lowest BCUT2D eigenvalue weighted by atomic mass is 9.69. The van der Waals surface area contributed by atoms with Gasteiger partial charge in [0, 0.05) is 17.8 Å². The summed E-state index contributed by atoms with van der Waals surface area (Å²) in [6.07, 6.45) is 13.4. The van der Waals surface area contributed by atoms with Gasteiger partial charge in [0.25, 0.3) is 0 Å². The average Bonchev–Trinajstić information content (AvgIpc) is 2.39. The maximum Gasteiger partial charge on any atom is 0.0434 e. The van der Waals surface area contributed by atoms with Gasteiger partial charge >= 0.3 is 0 Å². The molecular formula is C15H19N. The van der Waals surface area contributed by atoms with Gasteiger partial charge in [-0.15, -0.1) is 0 Å². The molecule has 1 fully saturated rings. The summed E-state index contributed by atoms with van der Waals surface area (Å²) in [6, 6.07) is 6.33. The van der Waals surface area contributed by atoms with Crippen molar-refractivity contribution in [2.75, 3.05) is 0 Å². The van der Waals surface area contributed by atoms with Crippen LogP contribution in [0.2, 0.25) is 0 Å². The quantitative estimate of drug-likeness (QED) is 0.644. The number of allylic oxidation sites excluding steroid dienone is 2. The third kappa shape index (κ3) is 1.91. The fourth-order valence-corrected chi connectivity index (χ4v) is 3.35. The molecule has 0 N–H and O–H groups in total. The Morgan fingerprint density at radius 1 is 1.00 bits per heavy atom. The van der Waals surface area contributed by atoms with E-state index in [1.807, 2.05) is 12.3 Å². The van der Waals surface area contributed by atoms with Gasteiger partial charge in [0.05, 0.1) is 0 Å². The maximum atomic E-state index is 4.52. The zero-order valence-corrected chi connectivity index (χ0v) is 9.68. The number of fused-ring (bicyclic) bond motifs is 1. The first-order valence-electron chi connectivity index (χ1n) is 6.49. The van der Waals surface area contributed by atoms with Gasteiger partial charge in [0.1, 0.15) is 0 Å².